The van der Waals surface area contributed by atoms with Gasteiger partial charge >= 0.3 is 0 Å². The van der Waals surface area contributed by atoms with Gasteiger partial charge in [0.05, 0.1) is 17.3 Å². The molecule has 0 spiro atoms. The van der Waals surface area contributed by atoms with Crippen molar-refractivity contribution in [1.29, 1.82) is 0 Å². The fourth-order valence-electron chi connectivity index (χ4n) is 1.58. The Hall–Kier alpha value is -0.450. The third-order valence-electron chi connectivity index (χ3n) is 2.77. The van der Waals surface area contributed by atoms with Crippen molar-refractivity contribution in [2.45, 2.75) is 38.0 Å². The predicted molar refractivity (Wildman–Crippen MR) is 57.3 cm³/mol. The summed E-state index contributed by atoms with van der Waals surface area (Å²) in [4.78, 5) is 9.40. The monoisotopic (exact) mass is 212 g/mol. The van der Waals surface area contributed by atoms with Crippen LogP contribution in [0.15, 0.2) is 5.38 Å². The van der Waals surface area contributed by atoms with E-state index in [0.717, 1.165) is 12.8 Å². The first-order valence-corrected chi connectivity index (χ1v) is 5.83. The van der Waals surface area contributed by atoms with Crippen LogP contribution in [0.2, 0.25) is 0 Å². The van der Waals surface area contributed by atoms with Crippen LogP contribution in [0.1, 0.15) is 43.3 Å². The molecule has 14 heavy (non-hydrogen) atoms. The molecule has 1 heterocycles. The minimum absolute atomic E-state index is 0.151. The van der Waals surface area contributed by atoms with Gasteiger partial charge in [0.1, 0.15) is 0 Å². The molecule has 0 aliphatic heterocycles. The van der Waals surface area contributed by atoms with Crippen molar-refractivity contribution in [3.8, 4) is 0 Å². The van der Waals surface area contributed by atoms with Gasteiger partial charge in [-0.3, -0.25) is 0 Å². The number of thiazole rings is 1. The van der Waals surface area contributed by atoms with E-state index in [-0.39, 0.29) is 5.41 Å². The Morgan fingerprint density at radius 3 is 2.79 bits per heavy atom. The van der Waals surface area contributed by atoms with Crippen LogP contribution in [0.5, 0.6) is 0 Å². The Morgan fingerprint density at radius 1 is 1.64 bits per heavy atom. The Bertz CT molecular complexity index is 318. The van der Waals surface area contributed by atoms with Gasteiger partial charge in [-0.25, -0.2) is 10.9 Å². The molecule has 1 aliphatic carbocycles. The van der Waals surface area contributed by atoms with E-state index in [2.05, 4.69) is 24.2 Å². The summed E-state index contributed by atoms with van der Waals surface area (Å²) in [6, 6.07) is 0. The topological polar surface area (TPSA) is 48.1 Å². The highest BCUT2D eigenvalue weighted by Crippen LogP contribution is 2.48. The van der Waals surface area contributed by atoms with Gasteiger partial charge in [0.15, 0.2) is 0 Å². The van der Waals surface area contributed by atoms with E-state index >= 15 is 0 Å². The highest BCUT2D eigenvalue weighted by molar-refractivity contribution is 7.09. The lowest BCUT2D eigenvalue weighted by Gasteiger charge is -2.09. The normalized spacial score (nSPS) is 18.9. The van der Waals surface area contributed by atoms with Gasteiger partial charge in [0, 0.05) is 16.7 Å². The molecule has 1 aromatic heterocycles. The van der Waals surface area contributed by atoms with Crippen LogP contribution in [0.3, 0.4) is 0 Å². The molecule has 1 saturated carbocycles. The van der Waals surface area contributed by atoms with Crippen LogP contribution in [-0.2, 0) is 10.3 Å². The van der Waals surface area contributed by atoms with Gasteiger partial charge in [-0.1, -0.05) is 13.8 Å². The maximum atomic E-state index is 5.13. The SMILES string of the molecule is CC(C)c1nc(C2(CON)CC2)cs1. The molecule has 4 heteroatoms. The van der Waals surface area contributed by atoms with Crippen molar-refractivity contribution in [3.05, 3.63) is 16.1 Å². The van der Waals surface area contributed by atoms with Gasteiger partial charge in [0.2, 0.25) is 0 Å². The third kappa shape index (κ3) is 1.69. The maximum absolute atomic E-state index is 5.13. The van der Waals surface area contributed by atoms with Gasteiger partial charge < -0.3 is 4.84 Å². The number of hydrogen-bond acceptors (Lipinski definition) is 4. The number of nitrogens with two attached hydrogens (primary N) is 1. The second-order valence-electron chi connectivity index (χ2n) is 4.32. The third-order valence-corrected chi connectivity index (χ3v) is 3.92. The molecule has 2 N–H and O–H groups in total. The fraction of sp³-hybridized carbons (Fsp3) is 0.700. The van der Waals surface area contributed by atoms with Gasteiger partial charge in [0.25, 0.3) is 0 Å². The Morgan fingerprint density at radius 2 is 2.36 bits per heavy atom. The van der Waals surface area contributed by atoms with Crippen LogP contribution in [-0.4, -0.2) is 11.6 Å². The van der Waals surface area contributed by atoms with Crippen LogP contribution >= 0.6 is 11.3 Å². The minimum atomic E-state index is 0.151. The molecule has 0 radical (unpaired) electrons. The van der Waals surface area contributed by atoms with Crippen molar-refractivity contribution in [2.24, 2.45) is 5.90 Å². The first kappa shape index (κ1) is 10.1. The fourth-order valence-corrected chi connectivity index (χ4v) is 2.54. The molecule has 3 nitrogen and oxygen atoms in total. The lowest BCUT2D eigenvalue weighted by molar-refractivity contribution is 0.115. The Kier molecular flexibility index (Phi) is 2.60. The molecule has 78 valence electrons. The lowest BCUT2D eigenvalue weighted by Crippen LogP contribution is -2.18. The Balaban J connectivity index is 2.16. The molecular formula is C10H16N2OS. The highest BCUT2D eigenvalue weighted by atomic mass is 32.1. The van der Waals surface area contributed by atoms with E-state index in [1.54, 1.807) is 11.3 Å². The molecule has 0 atom stereocenters. The number of rotatable bonds is 4. The van der Waals surface area contributed by atoms with Gasteiger partial charge in [-0.05, 0) is 12.8 Å². The van der Waals surface area contributed by atoms with E-state index < -0.39 is 0 Å². The molecule has 0 aromatic carbocycles. The maximum Gasteiger partial charge on any atom is 0.0953 e. The van der Waals surface area contributed by atoms with Crippen LogP contribution in [0.25, 0.3) is 0 Å². The van der Waals surface area contributed by atoms with Crippen molar-refractivity contribution in [1.82, 2.24) is 4.98 Å². The zero-order valence-corrected chi connectivity index (χ0v) is 9.43. The summed E-state index contributed by atoms with van der Waals surface area (Å²) < 4.78 is 0. The van der Waals surface area contributed by atoms with Crippen molar-refractivity contribution < 1.29 is 4.84 Å². The van der Waals surface area contributed by atoms with E-state index in [0.29, 0.717) is 12.5 Å². The van der Waals surface area contributed by atoms with Crippen molar-refractivity contribution in [3.63, 3.8) is 0 Å². The highest BCUT2D eigenvalue weighted by Gasteiger charge is 2.46. The van der Waals surface area contributed by atoms with E-state index in [4.69, 9.17) is 10.7 Å². The van der Waals surface area contributed by atoms with Gasteiger partial charge in [-0.2, -0.15) is 0 Å². The molecule has 1 aromatic rings. The first-order chi connectivity index (χ1) is 6.68. The largest absolute Gasteiger partial charge is 0.304 e. The van der Waals surface area contributed by atoms with Crippen LogP contribution in [0.4, 0.5) is 0 Å². The number of hydrogen-bond donors (Lipinski definition) is 1. The zero-order valence-electron chi connectivity index (χ0n) is 8.62. The summed E-state index contributed by atoms with van der Waals surface area (Å²) in [5, 5.41) is 3.37. The van der Waals surface area contributed by atoms with Crippen molar-refractivity contribution in [2.75, 3.05) is 6.61 Å². The molecule has 1 fully saturated rings. The molecule has 0 unspecified atom stereocenters. The average Bonchev–Trinajstić information content (AvgIpc) is 2.77. The summed E-state index contributed by atoms with van der Waals surface area (Å²) in [5.74, 6) is 5.65. The van der Waals surface area contributed by atoms with E-state index in [9.17, 15) is 0 Å². The lowest BCUT2D eigenvalue weighted by atomic mass is 10.1. The molecule has 2 rings (SSSR count). The second kappa shape index (κ2) is 3.61. The average molecular weight is 212 g/mol. The summed E-state index contributed by atoms with van der Waals surface area (Å²) >= 11 is 1.74. The summed E-state index contributed by atoms with van der Waals surface area (Å²) in [5.41, 5.74) is 1.33. The van der Waals surface area contributed by atoms with E-state index in [1.807, 2.05) is 0 Å². The summed E-state index contributed by atoms with van der Waals surface area (Å²) in [6.45, 7) is 4.94. The number of nitrogens with zero attached hydrogens (tertiary/aromatic N) is 1. The minimum Gasteiger partial charge on any atom is -0.304 e. The standard InChI is InChI=1S/C10H16N2OS/c1-7(2)9-12-8(5-14-9)10(3-4-10)6-13-11/h5,7H,3-4,6,11H2,1-2H3. The van der Waals surface area contributed by atoms with Gasteiger partial charge in [-0.15, -0.1) is 11.3 Å². The number of aromatic nitrogens is 1. The Labute approximate surface area is 88.2 Å². The quantitative estimate of drug-likeness (QED) is 0.778. The molecule has 0 saturated heterocycles. The first-order valence-electron chi connectivity index (χ1n) is 4.95. The van der Waals surface area contributed by atoms with Crippen LogP contribution in [0, 0.1) is 0 Å². The van der Waals surface area contributed by atoms with E-state index in [1.165, 1.54) is 10.7 Å². The second-order valence-corrected chi connectivity index (χ2v) is 5.21. The predicted octanol–water partition coefficient (Wildman–Crippen LogP) is 2.19. The molecule has 0 bridgehead atoms. The molecule has 0 amide bonds. The molecule has 1 aliphatic rings. The summed E-state index contributed by atoms with van der Waals surface area (Å²) in [6.07, 6.45) is 2.32. The molecular weight excluding hydrogens is 196 g/mol. The zero-order chi connectivity index (χ0) is 10.2. The van der Waals surface area contributed by atoms with Crippen LogP contribution < -0.4 is 5.90 Å². The summed E-state index contributed by atoms with van der Waals surface area (Å²) in [7, 11) is 0. The van der Waals surface area contributed by atoms with Crippen molar-refractivity contribution >= 4 is 11.3 Å². The smallest absolute Gasteiger partial charge is 0.0953 e.